The second-order valence-corrected chi connectivity index (χ2v) is 5.81. The number of aromatic nitrogens is 1. The highest BCUT2D eigenvalue weighted by Gasteiger charge is 2.27. The average Bonchev–Trinajstić information content (AvgIpc) is 2.59. The molecule has 23 heavy (non-hydrogen) atoms. The van der Waals surface area contributed by atoms with Gasteiger partial charge in [0.25, 0.3) is 0 Å². The largest absolute Gasteiger partial charge is 0.481 e. The third-order valence-electron chi connectivity index (χ3n) is 4.17. The Morgan fingerprint density at radius 1 is 1.35 bits per heavy atom. The summed E-state index contributed by atoms with van der Waals surface area (Å²) in [6.07, 6.45) is 3.11. The van der Waals surface area contributed by atoms with Crippen molar-refractivity contribution in [1.29, 1.82) is 0 Å². The number of rotatable bonds is 3. The Kier molecular flexibility index (Phi) is 4.41. The number of urea groups is 1. The summed E-state index contributed by atoms with van der Waals surface area (Å²) < 4.78 is 0. The molecule has 2 aromatic rings. The molecule has 120 valence electrons. The molecule has 1 aromatic carbocycles. The second-order valence-electron chi connectivity index (χ2n) is 5.81. The third kappa shape index (κ3) is 3.59. The van der Waals surface area contributed by atoms with Crippen molar-refractivity contribution in [2.45, 2.75) is 19.4 Å². The molecule has 1 aromatic heterocycles. The Morgan fingerprint density at radius 2 is 2.22 bits per heavy atom. The quantitative estimate of drug-likeness (QED) is 0.910. The highest BCUT2D eigenvalue weighted by Crippen LogP contribution is 2.17. The van der Waals surface area contributed by atoms with Crippen molar-refractivity contribution in [3.63, 3.8) is 0 Å². The summed E-state index contributed by atoms with van der Waals surface area (Å²) in [7, 11) is 0. The van der Waals surface area contributed by atoms with Gasteiger partial charge >= 0.3 is 12.0 Å². The number of carbonyl (C=O) groups excluding carboxylic acids is 1. The normalized spacial score (nSPS) is 17.9. The lowest BCUT2D eigenvalue weighted by Crippen LogP contribution is -2.46. The van der Waals surface area contributed by atoms with Gasteiger partial charge < -0.3 is 15.3 Å². The first kappa shape index (κ1) is 15.3. The first-order chi connectivity index (χ1) is 11.1. The van der Waals surface area contributed by atoms with E-state index in [0.29, 0.717) is 19.5 Å². The van der Waals surface area contributed by atoms with Crippen LogP contribution in [0.15, 0.2) is 36.5 Å². The van der Waals surface area contributed by atoms with Crippen LogP contribution in [0.5, 0.6) is 0 Å². The second kappa shape index (κ2) is 6.64. The monoisotopic (exact) mass is 313 g/mol. The molecule has 6 heteroatoms. The summed E-state index contributed by atoms with van der Waals surface area (Å²) in [5, 5.41) is 13.0. The van der Waals surface area contributed by atoms with Gasteiger partial charge in [-0.1, -0.05) is 12.1 Å². The predicted octanol–water partition coefficient (Wildman–Crippen LogP) is 2.24. The molecule has 3 rings (SSSR count). The van der Waals surface area contributed by atoms with E-state index in [4.69, 9.17) is 5.11 Å². The number of carboxylic acid groups (broad SMARTS) is 1. The number of carboxylic acids is 1. The smallest absolute Gasteiger partial charge is 0.317 e. The number of aliphatic carboxylic acids is 1. The molecule has 1 aliphatic heterocycles. The zero-order valence-corrected chi connectivity index (χ0v) is 12.7. The van der Waals surface area contributed by atoms with Crippen molar-refractivity contribution in [3.8, 4) is 0 Å². The number of carbonyl (C=O) groups is 2. The van der Waals surface area contributed by atoms with Crippen molar-refractivity contribution >= 4 is 22.9 Å². The van der Waals surface area contributed by atoms with Crippen LogP contribution in [0.25, 0.3) is 10.9 Å². The Morgan fingerprint density at radius 3 is 3.04 bits per heavy atom. The first-order valence-electron chi connectivity index (χ1n) is 7.73. The number of benzene rings is 1. The van der Waals surface area contributed by atoms with Crippen LogP contribution < -0.4 is 5.32 Å². The van der Waals surface area contributed by atoms with E-state index in [2.05, 4.69) is 10.3 Å². The van der Waals surface area contributed by atoms with E-state index in [1.54, 1.807) is 11.1 Å². The average molecular weight is 313 g/mol. The van der Waals surface area contributed by atoms with Gasteiger partial charge in [-0.2, -0.15) is 0 Å². The van der Waals surface area contributed by atoms with Gasteiger partial charge in [0.2, 0.25) is 0 Å². The van der Waals surface area contributed by atoms with Crippen LogP contribution >= 0.6 is 0 Å². The molecular weight excluding hydrogens is 294 g/mol. The van der Waals surface area contributed by atoms with E-state index in [1.165, 1.54) is 0 Å². The van der Waals surface area contributed by atoms with E-state index in [1.807, 2.05) is 30.3 Å². The van der Waals surface area contributed by atoms with Crippen LogP contribution in [0.1, 0.15) is 18.4 Å². The van der Waals surface area contributed by atoms with E-state index >= 15 is 0 Å². The third-order valence-corrected chi connectivity index (χ3v) is 4.17. The summed E-state index contributed by atoms with van der Waals surface area (Å²) >= 11 is 0. The molecule has 0 bridgehead atoms. The fraction of sp³-hybridized carbons (Fsp3) is 0.353. The summed E-state index contributed by atoms with van der Waals surface area (Å²) in [5.41, 5.74) is 1.91. The summed E-state index contributed by atoms with van der Waals surface area (Å²) in [4.78, 5) is 29.1. The van der Waals surface area contributed by atoms with Gasteiger partial charge in [0.05, 0.1) is 11.4 Å². The number of fused-ring (bicyclic) bond motifs is 1. The Hall–Kier alpha value is -2.63. The molecular formula is C17H19N3O3. The van der Waals surface area contributed by atoms with E-state index in [9.17, 15) is 9.59 Å². The molecule has 0 radical (unpaired) electrons. The van der Waals surface area contributed by atoms with Crippen LogP contribution in [0, 0.1) is 5.92 Å². The fourth-order valence-corrected chi connectivity index (χ4v) is 2.89. The number of amides is 2. The number of piperidine rings is 1. The van der Waals surface area contributed by atoms with Crippen molar-refractivity contribution < 1.29 is 14.7 Å². The lowest BCUT2D eigenvalue weighted by molar-refractivity contribution is -0.143. The Bertz CT molecular complexity index is 732. The van der Waals surface area contributed by atoms with E-state index in [-0.39, 0.29) is 12.6 Å². The SMILES string of the molecule is O=C(O)C1CCCN(C(=O)NCc2ccc3ncccc3c2)C1. The Labute approximate surface area is 134 Å². The van der Waals surface area contributed by atoms with Crippen molar-refractivity contribution in [2.24, 2.45) is 5.92 Å². The number of nitrogens with zero attached hydrogens (tertiary/aromatic N) is 2. The van der Waals surface area contributed by atoms with Crippen molar-refractivity contribution in [2.75, 3.05) is 13.1 Å². The van der Waals surface area contributed by atoms with Crippen molar-refractivity contribution in [1.82, 2.24) is 15.2 Å². The van der Waals surface area contributed by atoms with Crippen LogP contribution in [-0.4, -0.2) is 40.1 Å². The molecule has 1 atom stereocenters. The number of pyridine rings is 1. The number of hydrogen-bond acceptors (Lipinski definition) is 3. The van der Waals surface area contributed by atoms with Gasteiger partial charge in [-0.3, -0.25) is 9.78 Å². The fourth-order valence-electron chi connectivity index (χ4n) is 2.89. The van der Waals surface area contributed by atoms with E-state index in [0.717, 1.165) is 22.9 Å². The summed E-state index contributed by atoms with van der Waals surface area (Å²) in [6.45, 7) is 1.30. The molecule has 0 saturated carbocycles. The Balaban J connectivity index is 1.60. The maximum atomic E-state index is 12.2. The predicted molar refractivity (Wildman–Crippen MR) is 85.9 cm³/mol. The van der Waals surface area contributed by atoms with Gasteiger partial charge in [0.1, 0.15) is 0 Å². The maximum Gasteiger partial charge on any atom is 0.317 e. The van der Waals surface area contributed by atoms with Gasteiger partial charge in [0.15, 0.2) is 0 Å². The lowest BCUT2D eigenvalue weighted by Gasteiger charge is -2.30. The molecule has 2 heterocycles. The highest BCUT2D eigenvalue weighted by atomic mass is 16.4. The zero-order valence-electron chi connectivity index (χ0n) is 12.7. The minimum Gasteiger partial charge on any atom is -0.481 e. The van der Waals surface area contributed by atoms with Gasteiger partial charge in [0, 0.05) is 31.2 Å². The molecule has 1 fully saturated rings. The van der Waals surface area contributed by atoms with Gasteiger partial charge in [-0.05, 0) is 36.6 Å². The lowest BCUT2D eigenvalue weighted by atomic mass is 9.99. The van der Waals surface area contributed by atoms with Gasteiger partial charge in [-0.15, -0.1) is 0 Å². The van der Waals surface area contributed by atoms with Gasteiger partial charge in [-0.25, -0.2) is 4.79 Å². The number of hydrogen-bond donors (Lipinski definition) is 2. The molecule has 0 aliphatic carbocycles. The van der Waals surface area contributed by atoms with Crippen LogP contribution in [0.3, 0.4) is 0 Å². The minimum atomic E-state index is -0.829. The van der Waals surface area contributed by atoms with E-state index < -0.39 is 11.9 Å². The molecule has 1 unspecified atom stereocenters. The minimum absolute atomic E-state index is 0.206. The molecule has 6 nitrogen and oxygen atoms in total. The first-order valence-corrected chi connectivity index (χ1v) is 7.73. The number of nitrogens with one attached hydrogen (secondary N) is 1. The summed E-state index contributed by atoms with van der Waals surface area (Å²) in [6, 6.07) is 9.52. The molecule has 1 saturated heterocycles. The summed E-state index contributed by atoms with van der Waals surface area (Å²) in [5.74, 6) is -1.29. The van der Waals surface area contributed by atoms with Crippen molar-refractivity contribution in [3.05, 3.63) is 42.1 Å². The van der Waals surface area contributed by atoms with Crippen LogP contribution in [0.2, 0.25) is 0 Å². The maximum absolute atomic E-state index is 12.2. The molecule has 0 spiro atoms. The highest BCUT2D eigenvalue weighted by molar-refractivity contribution is 5.79. The molecule has 2 N–H and O–H groups in total. The molecule has 1 aliphatic rings. The van der Waals surface area contributed by atoms with Crippen LogP contribution in [0.4, 0.5) is 4.79 Å². The zero-order chi connectivity index (χ0) is 16.2. The topological polar surface area (TPSA) is 82.5 Å². The standard InChI is InChI=1S/C17H19N3O3/c21-16(22)14-4-2-8-20(11-14)17(23)19-10-12-5-6-15-13(9-12)3-1-7-18-15/h1,3,5-7,9,14H,2,4,8,10-11H2,(H,19,23)(H,21,22). The molecule has 2 amide bonds. The van der Waals surface area contributed by atoms with Crippen LogP contribution in [-0.2, 0) is 11.3 Å². The number of likely N-dealkylation sites (tertiary alicyclic amines) is 1.